The number of aryl methyl sites for hydroxylation is 2. The van der Waals surface area contributed by atoms with Crippen LogP contribution < -0.4 is 11.5 Å². The Balaban J connectivity index is 3.38. The van der Waals surface area contributed by atoms with Crippen molar-refractivity contribution in [2.45, 2.75) is 19.6 Å². The number of anilines is 1. The van der Waals surface area contributed by atoms with Crippen molar-refractivity contribution in [2.24, 2.45) is 12.7 Å². The first-order chi connectivity index (χ1) is 9.18. The second-order valence-corrected chi connectivity index (χ2v) is 2.34. The third-order valence-corrected chi connectivity index (χ3v) is 1.49. The van der Waals surface area contributed by atoms with Crippen molar-refractivity contribution in [1.29, 1.82) is 0 Å². The molecule has 0 radical (unpaired) electrons. The lowest BCUT2D eigenvalue weighted by molar-refractivity contribution is 0.0992. The van der Waals surface area contributed by atoms with Crippen molar-refractivity contribution in [3.8, 4) is 0 Å². The van der Waals surface area contributed by atoms with E-state index in [0.29, 0.717) is 4.68 Å². The quantitative estimate of drug-likeness (QED) is 0.706. The molecule has 5 heteroatoms. The van der Waals surface area contributed by atoms with E-state index < -0.39 is 43.9 Å². The molecule has 72 valence electrons. The van der Waals surface area contributed by atoms with Crippen molar-refractivity contribution >= 4 is 11.6 Å². The molecule has 0 aromatic carbocycles. The van der Waals surface area contributed by atoms with Gasteiger partial charge in [0.25, 0.3) is 5.91 Å². The van der Waals surface area contributed by atoms with Gasteiger partial charge < -0.3 is 11.5 Å². The summed E-state index contributed by atoms with van der Waals surface area (Å²) in [6, 6.07) is 0. The van der Waals surface area contributed by atoms with Crippen molar-refractivity contribution in [3.05, 3.63) is 11.4 Å². The normalized spacial score (nSPS) is 22.5. The zero-order valence-electron chi connectivity index (χ0n) is 14.7. The van der Waals surface area contributed by atoms with Crippen molar-refractivity contribution < 1.29 is 15.8 Å². The fourth-order valence-electron chi connectivity index (χ4n) is 0.927. The van der Waals surface area contributed by atoms with Gasteiger partial charge in [-0.15, -0.1) is 0 Å². The molecule has 0 aliphatic rings. The second kappa shape index (κ2) is 3.47. The summed E-state index contributed by atoms with van der Waals surface area (Å²) < 4.78 is 58.3. The van der Waals surface area contributed by atoms with Gasteiger partial charge in [-0.05, 0) is 6.42 Å². The molecule has 0 saturated carbocycles. The minimum atomic E-state index is -2.96. The van der Waals surface area contributed by atoms with E-state index in [2.05, 4.69) is 5.10 Å². The third-order valence-electron chi connectivity index (χ3n) is 1.49. The van der Waals surface area contributed by atoms with E-state index in [1.54, 1.807) is 0 Å². The lowest BCUT2D eigenvalue weighted by Crippen LogP contribution is -2.17. The molecular formula is C8H14N4O. The second-order valence-electron chi connectivity index (χ2n) is 2.34. The smallest absolute Gasteiger partial charge is 0.269 e. The van der Waals surface area contributed by atoms with Crippen LogP contribution >= 0.6 is 0 Å². The standard InChI is InChI=1S/C8H14N4O/c1-3-4-5-6(9)7(8(10)13)12(2)11-5/h3-4,9H2,1-2H3,(H2,10,13)/i1D3,2D3,3D2. The van der Waals surface area contributed by atoms with Gasteiger partial charge in [0.05, 0.1) is 11.4 Å². The van der Waals surface area contributed by atoms with E-state index in [-0.39, 0.29) is 5.69 Å². The molecule has 1 aromatic rings. The summed E-state index contributed by atoms with van der Waals surface area (Å²) in [5, 5.41) is 3.54. The highest BCUT2D eigenvalue weighted by molar-refractivity contribution is 5.96. The SMILES string of the molecule is [2H]C([2H])([2H])n1nc(CC([2H])([2H])C([2H])([2H])[2H])c(N)c1C(N)=O. The maximum absolute atomic E-state index is 11.3. The van der Waals surface area contributed by atoms with Crippen LogP contribution in [-0.4, -0.2) is 15.7 Å². The summed E-state index contributed by atoms with van der Waals surface area (Å²) in [6.45, 7) is -5.82. The highest BCUT2D eigenvalue weighted by Crippen LogP contribution is 2.16. The molecule has 0 aliphatic heterocycles. The van der Waals surface area contributed by atoms with Crippen LogP contribution in [0.3, 0.4) is 0 Å². The summed E-state index contributed by atoms with van der Waals surface area (Å²) in [4.78, 5) is 11.3. The number of nitrogen functional groups attached to an aromatic ring is 1. The van der Waals surface area contributed by atoms with Gasteiger partial charge in [0, 0.05) is 17.9 Å². The van der Waals surface area contributed by atoms with E-state index in [1.165, 1.54) is 0 Å². The molecule has 1 aromatic heterocycles. The number of carbonyl (C=O) groups is 1. The predicted octanol–water partition coefficient (Wildman–Crippen LogP) is 0.0537. The lowest BCUT2D eigenvalue weighted by atomic mass is 10.2. The zero-order valence-corrected chi connectivity index (χ0v) is 6.66. The van der Waals surface area contributed by atoms with Crippen LogP contribution in [-0.2, 0) is 13.4 Å². The average Bonchev–Trinajstić information content (AvgIpc) is 2.53. The number of carbonyl (C=O) groups excluding carboxylic acids is 1. The summed E-state index contributed by atoms with van der Waals surface area (Å²) in [5.41, 5.74) is 9.22. The maximum atomic E-state index is 11.3. The van der Waals surface area contributed by atoms with E-state index >= 15 is 0 Å². The van der Waals surface area contributed by atoms with Gasteiger partial charge in [-0.2, -0.15) is 5.10 Å². The van der Waals surface area contributed by atoms with Crippen LogP contribution in [0.5, 0.6) is 0 Å². The predicted molar refractivity (Wildman–Crippen MR) is 50.1 cm³/mol. The first-order valence-electron chi connectivity index (χ1n) is 7.36. The first-order valence-corrected chi connectivity index (χ1v) is 3.36. The van der Waals surface area contributed by atoms with E-state index in [4.69, 9.17) is 22.4 Å². The van der Waals surface area contributed by atoms with E-state index in [0.717, 1.165) is 0 Å². The number of hydrogen-bond acceptors (Lipinski definition) is 3. The van der Waals surface area contributed by atoms with Gasteiger partial charge >= 0.3 is 0 Å². The highest BCUT2D eigenvalue weighted by atomic mass is 16.1. The minimum Gasteiger partial charge on any atom is -0.395 e. The van der Waals surface area contributed by atoms with Gasteiger partial charge in [-0.1, -0.05) is 13.2 Å². The molecule has 1 amide bonds. The Kier molecular flexibility index (Phi) is 0.886. The molecule has 0 saturated heterocycles. The molecular weight excluding hydrogens is 168 g/mol. The number of primary amides is 1. The Morgan fingerprint density at radius 3 is 3.08 bits per heavy atom. The zero-order chi connectivity index (χ0) is 16.8. The van der Waals surface area contributed by atoms with Crippen molar-refractivity contribution in [3.63, 3.8) is 0 Å². The molecule has 1 heterocycles. The minimum absolute atomic E-state index is 0.301. The Hall–Kier alpha value is -1.52. The van der Waals surface area contributed by atoms with Crippen LogP contribution in [0.1, 0.15) is 40.4 Å². The summed E-state index contributed by atoms with van der Waals surface area (Å²) in [6.07, 6.45) is -3.47. The van der Waals surface area contributed by atoms with Crippen LogP contribution in [0.25, 0.3) is 0 Å². The molecule has 1 rings (SSSR count). The van der Waals surface area contributed by atoms with Crippen molar-refractivity contribution in [2.75, 3.05) is 5.73 Å². The maximum Gasteiger partial charge on any atom is 0.269 e. The van der Waals surface area contributed by atoms with Crippen LogP contribution in [0, 0.1) is 0 Å². The Morgan fingerprint density at radius 2 is 2.62 bits per heavy atom. The molecule has 0 bridgehead atoms. The fraction of sp³-hybridized carbons (Fsp3) is 0.500. The number of aromatic nitrogens is 2. The van der Waals surface area contributed by atoms with Gasteiger partial charge in [-0.3, -0.25) is 9.48 Å². The third kappa shape index (κ3) is 1.63. The monoisotopic (exact) mass is 190 g/mol. The van der Waals surface area contributed by atoms with Gasteiger partial charge in [0.1, 0.15) is 5.69 Å². The van der Waals surface area contributed by atoms with Gasteiger partial charge in [0.15, 0.2) is 0 Å². The summed E-state index contributed by atoms with van der Waals surface area (Å²) in [5.74, 6) is -1.16. The fourth-order valence-corrected chi connectivity index (χ4v) is 0.927. The largest absolute Gasteiger partial charge is 0.395 e. The summed E-state index contributed by atoms with van der Waals surface area (Å²) in [7, 11) is 0. The topological polar surface area (TPSA) is 86.9 Å². The number of amides is 1. The number of nitrogens with zero attached hydrogens (tertiary/aromatic N) is 2. The Bertz CT molecular complexity index is 558. The number of nitrogens with two attached hydrogens (primary N) is 2. The Labute approximate surface area is 87.9 Å². The molecule has 0 unspecified atom stereocenters. The molecule has 0 fully saturated rings. The van der Waals surface area contributed by atoms with Crippen molar-refractivity contribution in [1.82, 2.24) is 9.78 Å². The van der Waals surface area contributed by atoms with Crippen LogP contribution in [0.4, 0.5) is 5.69 Å². The number of rotatable bonds is 3. The average molecular weight is 190 g/mol. The molecule has 5 nitrogen and oxygen atoms in total. The number of hydrogen-bond donors (Lipinski definition) is 2. The van der Waals surface area contributed by atoms with Gasteiger partial charge in [-0.25, -0.2) is 0 Å². The molecule has 0 spiro atoms. The van der Waals surface area contributed by atoms with E-state index in [9.17, 15) is 4.79 Å². The summed E-state index contributed by atoms with van der Waals surface area (Å²) >= 11 is 0. The van der Waals surface area contributed by atoms with E-state index in [1.807, 2.05) is 0 Å². The molecule has 4 N–H and O–H groups in total. The molecule has 0 atom stereocenters. The van der Waals surface area contributed by atoms with Gasteiger partial charge in [0.2, 0.25) is 0 Å². The Morgan fingerprint density at radius 1 is 1.85 bits per heavy atom. The lowest BCUT2D eigenvalue weighted by Gasteiger charge is -1.96. The highest BCUT2D eigenvalue weighted by Gasteiger charge is 2.16. The molecule has 0 aliphatic carbocycles. The van der Waals surface area contributed by atoms with Crippen LogP contribution in [0.2, 0.25) is 0 Å². The van der Waals surface area contributed by atoms with Crippen LogP contribution in [0.15, 0.2) is 0 Å². The molecule has 13 heavy (non-hydrogen) atoms. The first kappa shape index (κ1) is 3.32.